The maximum Gasteiger partial charge on any atom is 0.291 e. The average molecular weight is 427 g/mol. The first-order valence-electron chi connectivity index (χ1n) is 1.66. The zero-order valence-electron chi connectivity index (χ0n) is 7.96. The summed E-state index contributed by atoms with van der Waals surface area (Å²) in [6.07, 6.45) is 0. The third-order valence-electron chi connectivity index (χ3n) is 0. The second-order valence-electron chi connectivity index (χ2n) is 0.685. The molecule has 0 radical (unpaired) electrons. The van der Waals surface area contributed by atoms with E-state index in [1.165, 1.54) is 0 Å². The van der Waals surface area contributed by atoms with E-state index in [0.29, 0.717) is 0 Å². The summed E-state index contributed by atoms with van der Waals surface area (Å²) in [5.74, 6) is 0. The van der Waals surface area contributed by atoms with Crippen LogP contribution < -0.4 is 0 Å². The van der Waals surface area contributed by atoms with Gasteiger partial charge in [0.2, 0.25) is 0 Å². The van der Waals surface area contributed by atoms with Gasteiger partial charge in [0.05, 0.1) is 10.2 Å². The molecule has 0 saturated carbocycles. The van der Waals surface area contributed by atoms with Crippen molar-refractivity contribution < 1.29 is 88.2 Å². The van der Waals surface area contributed by atoms with Crippen LogP contribution in [0.25, 0.3) is 0 Å². The number of hydrogen-bond acceptors (Lipinski definition) is 8. The molecule has 0 atom stereocenters. The Balaban J connectivity index is -0.00000000827. The molecule has 0 unspecified atom stereocenters. The molecular weight excluding hydrogens is 416 g/mol. The molecule has 18 heavy (non-hydrogen) atoms. The third-order valence-corrected chi connectivity index (χ3v) is 0. The van der Waals surface area contributed by atoms with Crippen LogP contribution in [0.4, 0.5) is 0 Å². The SMILES string of the molecule is O.O.O.O.O.O=[N+]([O-])O.O=[N+]([O-])[O-].O=[N+]([O-])[O-].[Sm]. The first kappa shape index (κ1) is 69.2. The van der Waals surface area contributed by atoms with Crippen molar-refractivity contribution in [3.63, 3.8) is 0 Å². The molecule has 17 nitrogen and oxygen atoms in total. The van der Waals surface area contributed by atoms with E-state index < -0.39 is 15.3 Å². The Hall–Kier alpha value is -1.26. The number of rotatable bonds is 0. The summed E-state index contributed by atoms with van der Waals surface area (Å²) in [4.78, 5) is 24.9. The molecule has 0 bridgehead atoms. The van der Waals surface area contributed by atoms with E-state index in [-0.39, 0.29) is 67.8 Å². The first-order chi connectivity index (χ1) is 5.20. The van der Waals surface area contributed by atoms with E-state index in [1.807, 2.05) is 0 Å². The van der Waals surface area contributed by atoms with Gasteiger partial charge in [0.15, 0.2) is 0 Å². The maximum absolute atomic E-state index is 8.36. The third kappa shape index (κ3) is 1750. The Labute approximate surface area is 129 Å². The normalized spacial score (nSPS) is 4.00. The van der Waals surface area contributed by atoms with Crippen LogP contribution in [0.15, 0.2) is 0 Å². The van der Waals surface area contributed by atoms with E-state index in [4.69, 9.17) is 46.0 Å². The van der Waals surface area contributed by atoms with Crippen molar-refractivity contribution >= 4 is 0 Å². The molecule has 0 aliphatic rings. The Morgan fingerprint density at radius 3 is 0.611 bits per heavy atom. The van der Waals surface area contributed by atoms with Crippen LogP contribution in [0.3, 0.4) is 0 Å². The molecule has 0 aromatic heterocycles. The van der Waals surface area contributed by atoms with Gasteiger partial charge in [-0.2, -0.15) is 0 Å². The first-order valence-corrected chi connectivity index (χ1v) is 1.66. The summed E-state index contributed by atoms with van der Waals surface area (Å²) in [5.41, 5.74) is 0. The fourth-order valence-electron chi connectivity index (χ4n) is 0. The largest absolute Gasteiger partial charge is 0.412 e. The van der Waals surface area contributed by atoms with Crippen LogP contribution >= 0.6 is 0 Å². The fraction of sp³-hybridized carbons (Fsp3) is 0. The van der Waals surface area contributed by atoms with Gasteiger partial charge < -0.3 is 63.2 Å². The van der Waals surface area contributed by atoms with Gasteiger partial charge in [-0.1, -0.05) is 0 Å². The number of nitrogens with zero attached hydrogens (tertiary/aromatic N) is 3. The summed E-state index contributed by atoms with van der Waals surface area (Å²) >= 11 is 0. The average Bonchev–Trinajstić information content (AvgIpc) is 1.54. The molecule has 0 fully saturated rings. The van der Waals surface area contributed by atoms with Crippen molar-refractivity contribution in [2.24, 2.45) is 0 Å². The monoisotopic (exact) mass is 429 g/mol. The van der Waals surface area contributed by atoms with Crippen molar-refractivity contribution in [2.75, 3.05) is 0 Å². The van der Waals surface area contributed by atoms with E-state index in [0.717, 1.165) is 0 Å². The second-order valence-corrected chi connectivity index (χ2v) is 0.685. The molecule has 0 rings (SSSR count). The fourth-order valence-corrected chi connectivity index (χ4v) is 0. The molecule has 0 aromatic rings. The minimum atomic E-state index is -1.75. The Kier molecular flexibility index (Phi) is 220. The summed E-state index contributed by atoms with van der Waals surface area (Å²) in [7, 11) is 0. The molecule has 0 aromatic carbocycles. The predicted molar refractivity (Wildman–Crippen MR) is 47.6 cm³/mol. The van der Waals surface area contributed by atoms with E-state index in [2.05, 4.69) is 0 Å². The maximum atomic E-state index is 8.36. The predicted octanol–water partition coefficient (Wildman–Crippen LogP) is -4.95. The molecule has 0 amide bonds. The zero-order valence-corrected chi connectivity index (χ0v) is 10.6. The molecule has 0 spiro atoms. The van der Waals surface area contributed by atoms with Crippen LogP contribution in [0, 0.1) is 81.1 Å². The van der Waals surface area contributed by atoms with Crippen molar-refractivity contribution in [1.29, 1.82) is 0 Å². The van der Waals surface area contributed by atoms with Crippen molar-refractivity contribution in [3.8, 4) is 0 Å². The number of hydrogen-bond donors (Lipinski definition) is 1. The van der Waals surface area contributed by atoms with Gasteiger partial charge in [-0.3, -0.25) is 0 Å². The Bertz CT molecular complexity index is 115. The Morgan fingerprint density at radius 2 is 0.611 bits per heavy atom. The van der Waals surface area contributed by atoms with Gasteiger partial charge in [0, 0.05) is 40.4 Å². The van der Waals surface area contributed by atoms with Crippen molar-refractivity contribution in [2.45, 2.75) is 0 Å². The van der Waals surface area contributed by atoms with Gasteiger partial charge in [0.1, 0.15) is 0 Å². The van der Waals surface area contributed by atoms with E-state index in [9.17, 15) is 0 Å². The van der Waals surface area contributed by atoms with Crippen molar-refractivity contribution in [3.05, 3.63) is 40.8 Å². The van der Waals surface area contributed by atoms with Gasteiger partial charge >= 0.3 is 0 Å². The van der Waals surface area contributed by atoms with Gasteiger partial charge in [-0.05, 0) is 0 Å². The van der Waals surface area contributed by atoms with E-state index >= 15 is 0 Å². The topological polar surface area (TPSA) is 353 Å². The quantitative estimate of drug-likeness (QED) is 0.285. The smallest absolute Gasteiger partial charge is 0.291 e. The van der Waals surface area contributed by atoms with Crippen molar-refractivity contribution in [1.82, 2.24) is 0 Å². The van der Waals surface area contributed by atoms with Gasteiger partial charge in [-0.25, -0.2) is 0 Å². The summed E-state index contributed by atoms with van der Waals surface area (Å²) < 4.78 is 0. The molecule has 0 saturated heterocycles. The summed E-state index contributed by atoms with van der Waals surface area (Å²) in [6.45, 7) is 0. The zero-order chi connectivity index (χ0) is 10.7. The standard InChI is InChI=1S/HNO3.2NO3.5H2O.Sm/c3*2-1(3)4;;;;;;/h(H,2,3,4);;;5*1H2;/q;2*-1;;;;;;. The van der Waals surface area contributed by atoms with Crippen LogP contribution in [-0.2, 0) is 0 Å². The molecule has 0 aliphatic carbocycles. The molecule has 18 heteroatoms. The van der Waals surface area contributed by atoms with Crippen LogP contribution in [-0.4, -0.2) is 47.8 Å². The summed E-state index contributed by atoms with van der Waals surface area (Å²) in [5, 5.41) is 43.1. The van der Waals surface area contributed by atoms with Crippen LogP contribution in [0.1, 0.15) is 0 Å². The van der Waals surface area contributed by atoms with Gasteiger partial charge in [-0.15, -0.1) is 10.1 Å². The Morgan fingerprint density at radius 1 is 0.611 bits per heavy atom. The van der Waals surface area contributed by atoms with Crippen LogP contribution in [0.2, 0.25) is 0 Å². The van der Waals surface area contributed by atoms with Gasteiger partial charge in [0.25, 0.3) is 5.09 Å². The minimum Gasteiger partial charge on any atom is -0.412 e. The minimum absolute atomic E-state index is 0. The molecule has 118 valence electrons. The van der Waals surface area contributed by atoms with Crippen LogP contribution in [0.5, 0.6) is 0 Å². The molecular formula is H11N3O14Sm-2. The second kappa shape index (κ2) is 57.1. The van der Waals surface area contributed by atoms with E-state index in [1.54, 1.807) is 0 Å². The molecule has 0 aliphatic heterocycles. The summed E-state index contributed by atoms with van der Waals surface area (Å²) in [6, 6.07) is 0. The molecule has 11 N–H and O–H groups in total. The molecule has 0 heterocycles.